The van der Waals surface area contributed by atoms with Gasteiger partial charge in [-0.2, -0.15) is 0 Å². The number of rotatable bonds is 1. The van der Waals surface area contributed by atoms with Crippen LogP contribution in [0, 0.1) is 0 Å². The molecule has 6 heteroatoms. The Morgan fingerprint density at radius 1 is 1.08 bits per heavy atom. The first kappa shape index (κ1) is 16.6. The third-order valence-electron chi connectivity index (χ3n) is 5.73. The molecule has 1 aliphatic carbocycles. The van der Waals surface area contributed by atoms with E-state index in [1.165, 1.54) is 13.2 Å². The maximum absolute atomic E-state index is 12.5. The average molecular weight is 356 g/mol. The number of hydrogen-bond donors (Lipinski definition) is 3. The molecule has 2 aromatic rings. The maximum Gasteiger partial charge on any atom is 0.202 e. The number of aromatic hydroxyl groups is 3. The highest BCUT2D eigenvalue weighted by molar-refractivity contribution is 6.26. The Morgan fingerprint density at radius 3 is 2.35 bits per heavy atom. The molecule has 1 unspecified atom stereocenters. The first-order valence-electron chi connectivity index (χ1n) is 8.37. The fourth-order valence-electron chi connectivity index (χ4n) is 4.05. The summed E-state index contributed by atoms with van der Waals surface area (Å²) in [5.41, 5.74) is 1.35. The molecule has 26 heavy (non-hydrogen) atoms. The minimum absolute atomic E-state index is 0.0574. The fourth-order valence-corrected chi connectivity index (χ4v) is 4.05. The predicted octanol–water partition coefficient (Wildman–Crippen LogP) is 3.62. The number of ether oxygens (including phenoxy) is 2. The molecule has 3 N–H and O–H groups in total. The zero-order chi connectivity index (χ0) is 19.1. The van der Waals surface area contributed by atoms with Gasteiger partial charge in [-0.05, 0) is 25.5 Å². The van der Waals surface area contributed by atoms with E-state index in [1.807, 2.05) is 20.8 Å². The van der Waals surface area contributed by atoms with E-state index in [-0.39, 0.29) is 28.6 Å². The van der Waals surface area contributed by atoms with Gasteiger partial charge in [-0.25, -0.2) is 0 Å². The van der Waals surface area contributed by atoms with E-state index in [4.69, 9.17) is 9.47 Å². The minimum Gasteiger partial charge on any atom is -0.507 e. The lowest BCUT2D eigenvalue weighted by atomic mass is 9.76. The highest BCUT2D eigenvalue weighted by Gasteiger charge is 2.46. The molecule has 136 valence electrons. The summed E-state index contributed by atoms with van der Waals surface area (Å²) in [5, 5.41) is 32.4. The van der Waals surface area contributed by atoms with Crippen LogP contribution in [0.2, 0.25) is 0 Å². The molecular weight excluding hydrogens is 336 g/mol. The van der Waals surface area contributed by atoms with Gasteiger partial charge in [-0.1, -0.05) is 13.8 Å². The molecule has 0 saturated carbocycles. The van der Waals surface area contributed by atoms with Crippen molar-refractivity contribution in [2.75, 3.05) is 7.11 Å². The third kappa shape index (κ3) is 1.69. The van der Waals surface area contributed by atoms with E-state index >= 15 is 0 Å². The minimum atomic E-state index is -0.567. The number of ketones is 1. The summed E-state index contributed by atoms with van der Waals surface area (Å²) in [7, 11) is 1.33. The number of fused-ring (bicyclic) bond motifs is 2. The molecule has 0 aromatic heterocycles. The Balaban J connectivity index is 2.36. The second-order valence-corrected chi connectivity index (χ2v) is 7.46. The molecule has 0 fully saturated rings. The number of carbonyl (C=O) groups excluding carboxylic acids is 1. The Hall–Kier alpha value is -2.89. The van der Waals surface area contributed by atoms with Crippen molar-refractivity contribution in [3.8, 4) is 28.7 Å². The number of hydrogen-bond acceptors (Lipinski definition) is 6. The smallest absolute Gasteiger partial charge is 0.202 e. The van der Waals surface area contributed by atoms with Crippen LogP contribution in [-0.4, -0.2) is 34.3 Å². The van der Waals surface area contributed by atoms with E-state index in [0.717, 1.165) is 0 Å². The van der Waals surface area contributed by atoms with Gasteiger partial charge in [0.05, 0.1) is 18.1 Å². The summed E-state index contributed by atoms with van der Waals surface area (Å²) in [5.74, 6) is -1.25. The molecule has 0 amide bonds. The molecule has 4 rings (SSSR count). The van der Waals surface area contributed by atoms with Gasteiger partial charge in [0.15, 0.2) is 17.3 Å². The summed E-state index contributed by atoms with van der Waals surface area (Å²) in [6.07, 6.45) is 1.19. The van der Waals surface area contributed by atoms with Crippen LogP contribution < -0.4 is 9.47 Å². The van der Waals surface area contributed by atoms with E-state index in [9.17, 15) is 20.1 Å². The van der Waals surface area contributed by atoms with Crippen LogP contribution in [0.3, 0.4) is 0 Å². The van der Waals surface area contributed by atoms with Crippen LogP contribution in [0.25, 0.3) is 16.3 Å². The number of carbonyl (C=O) groups is 1. The number of methoxy groups -OCH3 is 1. The van der Waals surface area contributed by atoms with Crippen molar-refractivity contribution in [3.63, 3.8) is 0 Å². The molecular formula is C20H20O6. The number of benzene rings is 2. The van der Waals surface area contributed by atoms with Crippen molar-refractivity contribution in [2.24, 2.45) is 0 Å². The molecule has 6 nitrogen and oxygen atoms in total. The van der Waals surface area contributed by atoms with Crippen molar-refractivity contribution in [2.45, 2.75) is 39.2 Å². The lowest BCUT2D eigenvalue weighted by Gasteiger charge is -2.25. The number of phenolic OH excluding ortho intramolecular Hbond substituents is 3. The van der Waals surface area contributed by atoms with Crippen molar-refractivity contribution < 1.29 is 29.6 Å². The van der Waals surface area contributed by atoms with Crippen molar-refractivity contribution in [3.05, 3.63) is 22.8 Å². The second-order valence-electron chi connectivity index (χ2n) is 7.46. The Bertz CT molecular complexity index is 1040. The zero-order valence-electron chi connectivity index (χ0n) is 15.2. The molecule has 0 bridgehead atoms. The summed E-state index contributed by atoms with van der Waals surface area (Å²) in [4.78, 5) is 12.5. The Morgan fingerprint density at radius 2 is 1.73 bits per heavy atom. The Labute approximate surface area is 150 Å². The van der Waals surface area contributed by atoms with Crippen LogP contribution in [0.4, 0.5) is 0 Å². The first-order valence-corrected chi connectivity index (χ1v) is 8.37. The van der Waals surface area contributed by atoms with Gasteiger partial charge in [0.25, 0.3) is 0 Å². The molecule has 0 spiro atoms. The van der Waals surface area contributed by atoms with Crippen LogP contribution in [0.5, 0.6) is 28.7 Å². The second kappa shape index (κ2) is 4.84. The largest absolute Gasteiger partial charge is 0.507 e. The number of allylic oxidation sites excluding steroid dienone is 2. The summed E-state index contributed by atoms with van der Waals surface area (Å²) in [6.45, 7) is 7.62. The molecule has 2 aromatic carbocycles. The SMILES string of the molecule is COc1c(O)c(O)c2c3c(c4c(c(O)c13)C(C)(C)C(C)O4)C(C)=CC2=O. The average Bonchev–Trinajstić information content (AvgIpc) is 2.79. The van der Waals surface area contributed by atoms with Crippen molar-refractivity contribution in [1.29, 1.82) is 0 Å². The maximum atomic E-state index is 12.5. The van der Waals surface area contributed by atoms with Gasteiger partial charge in [0.1, 0.15) is 17.6 Å². The molecule has 2 aliphatic rings. The molecule has 0 saturated heterocycles. The lowest BCUT2D eigenvalue weighted by Crippen LogP contribution is -2.28. The van der Waals surface area contributed by atoms with Gasteiger partial charge >= 0.3 is 0 Å². The first-order chi connectivity index (χ1) is 12.1. The normalized spacial score (nSPS) is 20.0. The van der Waals surface area contributed by atoms with Crippen molar-refractivity contribution >= 4 is 22.1 Å². The zero-order valence-corrected chi connectivity index (χ0v) is 15.2. The lowest BCUT2D eigenvalue weighted by molar-refractivity contribution is 0.104. The van der Waals surface area contributed by atoms with Gasteiger partial charge < -0.3 is 24.8 Å². The van der Waals surface area contributed by atoms with Crippen LogP contribution in [0.15, 0.2) is 6.08 Å². The van der Waals surface area contributed by atoms with E-state index in [0.29, 0.717) is 27.8 Å². The molecule has 1 atom stereocenters. The highest BCUT2D eigenvalue weighted by Crippen LogP contribution is 2.60. The van der Waals surface area contributed by atoms with Gasteiger partial charge in [-0.15, -0.1) is 0 Å². The van der Waals surface area contributed by atoms with Crippen LogP contribution >= 0.6 is 0 Å². The van der Waals surface area contributed by atoms with Crippen LogP contribution in [-0.2, 0) is 5.41 Å². The summed E-state index contributed by atoms with van der Waals surface area (Å²) < 4.78 is 11.4. The van der Waals surface area contributed by atoms with E-state index in [2.05, 4.69) is 0 Å². The summed E-state index contributed by atoms with van der Waals surface area (Å²) in [6, 6.07) is 0. The highest BCUT2D eigenvalue weighted by atomic mass is 16.5. The molecule has 1 heterocycles. The fraction of sp³-hybridized carbons (Fsp3) is 0.350. The van der Waals surface area contributed by atoms with E-state index in [1.54, 1.807) is 6.92 Å². The van der Waals surface area contributed by atoms with Crippen molar-refractivity contribution in [1.82, 2.24) is 0 Å². The van der Waals surface area contributed by atoms with Crippen LogP contribution in [0.1, 0.15) is 49.2 Å². The predicted molar refractivity (Wildman–Crippen MR) is 96.6 cm³/mol. The molecule has 0 radical (unpaired) electrons. The van der Waals surface area contributed by atoms with E-state index < -0.39 is 22.7 Å². The Kier molecular flexibility index (Phi) is 3.09. The van der Waals surface area contributed by atoms with Gasteiger partial charge in [0.2, 0.25) is 5.75 Å². The number of phenols is 3. The molecule has 1 aliphatic heterocycles. The van der Waals surface area contributed by atoms with Gasteiger partial charge in [-0.3, -0.25) is 4.79 Å². The standard InChI is InChI=1S/C20H20O6/c1-7-6-9(21)11-12-10(7)18-14(20(3,4)8(2)26-18)15(22)13(12)19(25-5)17(24)16(11)23/h6,8,22-24H,1-5H3. The van der Waals surface area contributed by atoms with Gasteiger partial charge in [0, 0.05) is 21.9 Å². The summed E-state index contributed by atoms with van der Waals surface area (Å²) >= 11 is 0. The monoisotopic (exact) mass is 356 g/mol. The third-order valence-corrected chi connectivity index (χ3v) is 5.73. The quantitative estimate of drug-likeness (QED) is 0.675. The topological polar surface area (TPSA) is 96.2 Å².